The molecular formula is C10H9Cl3N2O4. The molecule has 6 nitrogen and oxygen atoms in total. The predicted molar refractivity (Wildman–Crippen MR) is 70.3 cm³/mol. The Balaban J connectivity index is 2.46. The Morgan fingerprint density at radius 3 is 2.37 bits per heavy atom. The fourth-order valence-corrected chi connectivity index (χ4v) is 1.57. The van der Waals surface area contributed by atoms with Gasteiger partial charge in [-0.1, -0.05) is 34.8 Å². The monoisotopic (exact) mass is 326 g/mol. The van der Waals surface area contributed by atoms with Crippen LogP contribution in [0.5, 0.6) is 5.75 Å². The molecule has 0 aliphatic carbocycles. The first kappa shape index (κ1) is 15.8. The summed E-state index contributed by atoms with van der Waals surface area (Å²) in [5.74, 6) is -1.14. The fraction of sp³-hybridized carbons (Fsp3) is 0.200. The Morgan fingerprint density at radius 2 is 1.74 bits per heavy atom. The summed E-state index contributed by atoms with van der Waals surface area (Å²) in [4.78, 5) is 26.1. The van der Waals surface area contributed by atoms with E-state index in [0.717, 1.165) is 0 Å². The summed E-state index contributed by atoms with van der Waals surface area (Å²) < 4.78 is 5.11. The number of hydroxylamine groups is 1. The van der Waals surface area contributed by atoms with Crippen LogP contribution in [0, 0.1) is 0 Å². The number of hydrogen-bond donors (Lipinski definition) is 2. The molecule has 2 amide bonds. The molecule has 3 N–H and O–H groups in total. The summed E-state index contributed by atoms with van der Waals surface area (Å²) in [6.07, 6.45) is 0. The second-order valence-electron chi connectivity index (χ2n) is 3.27. The van der Waals surface area contributed by atoms with Crippen LogP contribution in [0.15, 0.2) is 12.1 Å². The summed E-state index contributed by atoms with van der Waals surface area (Å²) in [6.45, 7) is -0.810. The third-order valence-electron chi connectivity index (χ3n) is 1.73. The Kier molecular flexibility index (Phi) is 6.17. The highest BCUT2D eigenvalue weighted by atomic mass is 35.5. The zero-order valence-electron chi connectivity index (χ0n) is 9.41. The topological polar surface area (TPSA) is 90.7 Å². The van der Waals surface area contributed by atoms with Crippen LogP contribution in [-0.2, 0) is 14.4 Å². The van der Waals surface area contributed by atoms with Crippen molar-refractivity contribution in [3.63, 3.8) is 0 Å². The van der Waals surface area contributed by atoms with Gasteiger partial charge in [0.15, 0.2) is 13.2 Å². The SMILES string of the molecule is NC(=O)CONC(=O)COc1cc(Cl)c(Cl)cc1Cl. The second kappa shape index (κ2) is 7.40. The molecule has 19 heavy (non-hydrogen) atoms. The standard InChI is InChI=1S/C10H9Cl3N2O4/c11-5-1-7(13)8(2-6(5)12)18-4-10(17)15-19-3-9(14)16/h1-2H,3-4H2,(H2,14,16)(H,15,17). The van der Waals surface area contributed by atoms with Gasteiger partial charge >= 0.3 is 0 Å². The maximum Gasteiger partial charge on any atom is 0.281 e. The molecule has 0 unspecified atom stereocenters. The Bertz CT molecular complexity index is 496. The molecule has 9 heteroatoms. The normalized spacial score (nSPS) is 10.1. The smallest absolute Gasteiger partial charge is 0.281 e. The van der Waals surface area contributed by atoms with Gasteiger partial charge in [-0.2, -0.15) is 0 Å². The van der Waals surface area contributed by atoms with Crippen molar-refractivity contribution < 1.29 is 19.2 Å². The maximum absolute atomic E-state index is 11.2. The molecule has 0 bridgehead atoms. The Hall–Kier alpha value is -1.21. The van der Waals surface area contributed by atoms with Gasteiger partial charge in [0.05, 0.1) is 15.1 Å². The summed E-state index contributed by atoms with van der Waals surface area (Å²) in [5, 5.41) is 0.722. The number of nitrogens with one attached hydrogen (secondary N) is 1. The van der Waals surface area contributed by atoms with Crippen molar-refractivity contribution in [1.82, 2.24) is 5.48 Å². The van der Waals surface area contributed by atoms with Crippen LogP contribution in [0.2, 0.25) is 15.1 Å². The molecule has 0 aliphatic heterocycles. The average Bonchev–Trinajstić information content (AvgIpc) is 2.31. The first-order valence-electron chi connectivity index (χ1n) is 4.86. The van der Waals surface area contributed by atoms with Gasteiger partial charge in [-0.05, 0) is 6.07 Å². The molecular weight excluding hydrogens is 318 g/mol. The third kappa shape index (κ3) is 5.52. The van der Waals surface area contributed by atoms with Crippen LogP contribution in [0.3, 0.4) is 0 Å². The highest BCUT2D eigenvalue weighted by molar-refractivity contribution is 6.43. The molecule has 0 saturated heterocycles. The predicted octanol–water partition coefficient (Wildman–Crippen LogP) is 1.56. The van der Waals surface area contributed by atoms with Crippen molar-refractivity contribution >= 4 is 46.6 Å². The van der Waals surface area contributed by atoms with Crippen molar-refractivity contribution in [2.75, 3.05) is 13.2 Å². The lowest BCUT2D eigenvalue weighted by Crippen LogP contribution is -2.32. The molecule has 0 aromatic heterocycles. The fourth-order valence-electron chi connectivity index (χ4n) is 0.975. The van der Waals surface area contributed by atoms with Crippen LogP contribution in [0.1, 0.15) is 0 Å². The van der Waals surface area contributed by atoms with Crippen LogP contribution >= 0.6 is 34.8 Å². The molecule has 0 saturated carbocycles. The zero-order valence-corrected chi connectivity index (χ0v) is 11.7. The lowest BCUT2D eigenvalue weighted by Gasteiger charge is -2.09. The summed E-state index contributed by atoms with van der Waals surface area (Å²) in [6, 6.07) is 2.77. The van der Waals surface area contributed by atoms with Gasteiger partial charge in [0.25, 0.3) is 5.91 Å². The molecule has 0 spiro atoms. The van der Waals surface area contributed by atoms with Crippen LogP contribution in [0.25, 0.3) is 0 Å². The highest BCUT2D eigenvalue weighted by Crippen LogP contribution is 2.33. The molecule has 104 valence electrons. The van der Waals surface area contributed by atoms with Gasteiger partial charge < -0.3 is 10.5 Å². The first-order valence-corrected chi connectivity index (χ1v) is 6.00. The number of carbonyl (C=O) groups is 2. The molecule has 0 aliphatic rings. The van der Waals surface area contributed by atoms with E-state index in [1.54, 1.807) is 0 Å². The second-order valence-corrected chi connectivity index (χ2v) is 4.49. The van der Waals surface area contributed by atoms with E-state index < -0.39 is 18.4 Å². The van der Waals surface area contributed by atoms with E-state index in [4.69, 9.17) is 45.3 Å². The lowest BCUT2D eigenvalue weighted by molar-refractivity contribution is -0.139. The van der Waals surface area contributed by atoms with E-state index in [1.807, 2.05) is 5.48 Å². The number of hydrogen-bond acceptors (Lipinski definition) is 4. The number of nitrogens with two attached hydrogens (primary N) is 1. The van der Waals surface area contributed by atoms with Gasteiger partial charge in [-0.25, -0.2) is 5.48 Å². The van der Waals surface area contributed by atoms with E-state index in [2.05, 4.69) is 4.84 Å². The van der Waals surface area contributed by atoms with E-state index in [1.165, 1.54) is 12.1 Å². The van der Waals surface area contributed by atoms with Gasteiger partial charge in [-0.3, -0.25) is 14.4 Å². The number of benzene rings is 1. The van der Waals surface area contributed by atoms with E-state index in [-0.39, 0.29) is 27.4 Å². The van der Waals surface area contributed by atoms with Crippen molar-refractivity contribution in [2.45, 2.75) is 0 Å². The molecule has 1 rings (SSSR count). The van der Waals surface area contributed by atoms with Gasteiger partial charge in [0.1, 0.15) is 5.75 Å². The quantitative estimate of drug-likeness (QED) is 0.613. The number of ether oxygens (including phenoxy) is 1. The van der Waals surface area contributed by atoms with E-state index >= 15 is 0 Å². The highest BCUT2D eigenvalue weighted by Gasteiger charge is 2.09. The molecule has 1 aromatic carbocycles. The lowest BCUT2D eigenvalue weighted by atomic mass is 10.3. The van der Waals surface area contributed by atoms with Crippen LogP contribution in [0.4, 0.5) is 0 Å². The van der Waals surface area contributed by atoms with Crippen molar-refractivity contribution in [3.05, 3.63) is 27.2 Å². The van der Waals surface area contributed by atoms with Crippen LogP contribution in [-0.4, -0.2) is 25.0 Å². The number of amides is 2. The number of halogens is 3. The summed E-state index contributed by atoms with van der Waals surface area (Å²) in [5.41, 5.74) is 6.77. The maximum atomic E-state index is 11.2. The number of primary amides is 1. The first-order chi connectivity index (χ1) is 8.90. The van der Waals surface area contributed by atoms with Crippen molar-refractivity contribution in [1.29, 1.82) is 0 Å². The Morgan fingerprint density at radius 1 is 1.11 bits per heavy atom. The van der Waals surface area contributed by atoms with Crippen LogP contribution < -0.4 is 16.0 Å². The van der Waals surface area contributed by atoms with Gasteiger partial charge in [-0.15, -0.1) is 0 Å². The minimum Gasteiger partial charge on any atom is -0.482 e. The molecule has 1 aromatic rings. The largest absolute Gasteiger partial charge is 0.482 e. The minimum atomic E-state index is -0.714. The third-order valence-corrected chi connectivity index (χ3v) is 2.75. The summed E-state index contributed by atoms with van der Waals surface area (Å²) in [7, 11) is 0. The molecule has 0 radical (unpaired) electrons. The minimum absolute atomic E-state index is 0.195. The molecule has 0 fully saturated rings. The van der Waals surface area contributed by atoms with Gasteiger partial charge in [0, 0.05) is 6.07 Å². The number of carbonyl (C=O) groups excluding carboxylic acids is 2. The summed E-state index contributed by atoms with van der Waals surface area (Å²) >= 11 is 17.3. The van der Waals surface area contributed by atoms with Gasteiger partial charge in [0.2, 0.25) is 5.91 Å². The Labute approximate surface area is 123 Å². The zero-order chi connectivity index (χ0) is 14.4. The molecule has 0 heterocycles. The van der Waals surface area contributed by atoms with Crippen molar-refractivity contribution in [3.8, 4) is 5.75 Å². The average molecular weight is 328 g/mol. The van der Waals surface area contributed by atoms with Crippen molar-refractivity contribution in [2.24, 2.45) is 5.73 Å². The number of rotatable bonds is 6. The van der Waals surface area contributed by atoms with E-state index in [0.29, 0.717) is 0 Å². The molecule has 0 atom stereocenters. The van der Waals surface area contributed by atoms with E-state index in [9.17, 15) is 9.59 Å².